The number of nitrogens with one attached hydrogen (secondary N) is 1. The van der Waals surface area contributed by atoms with Crippen molar-refractivity contribution in [1.82, 2.24) is 5.32 Å². The predicted octanol–water partition coefficient (Wildman–Crippen LogP) is 2.80. The number of carbonyl (C=O) groups is 2. The van der Waals surface area contributed by atoms with Crippen molar-refractivity contribution >= 4 is 12.1 Å². The van der Waals surface area contributed by atoms with Crippen LogP contribution in [0.25, 0.3) is 0 Å². The van der Waals surface area contributed by atoms with Crippen molar-refractivity contribution in [3.05, 3.63) is 35.9 Å². The highest BCUT2D eigenvalue weighted by atomic mass is 16.5. The van der Waals surface area contributed by atoms with Crippen molar-refractivity contribution < 1.29 is 19.4 Å². The molecular weight excluding hydrogens is 282 g/mol. The molecule has 0 bridgehead atoms. The minimum absolute atomic E-state index is 0.0572. The maximum Gasteiger partial charge on any atom is 0.408 e. The fraction of sp³-hybridized carbons (Fsp3) is 0.529. The third-order valence-electron chi connectivity index (χ3n) is 4.47. The second-order valence-corrected chi connectivity index (χ2v) is 6.27. The van der Waals surface area contributed by atoms with E-state index in [0.717, 1.165) is 31.2 Å². The quantitative estimate of drug-likeness (QED) is 0.812. The smallest absolute Gasteiger partial charge is 0.408 e. The van der Waals surface area contributed by atoms with Gasteiger partial charge in [0.15, 0.2) is 0 Å². The van der Waals surface area contributed by atoms with Gasteiger partial charge >= 0.3 is 12.1 Å². The summed E-state index contributed by atoms with van der Waals surface area (Å²) in [6.45, 7) is 0.149. The predicted molar refractivity (Wildman–Crippen MR) is 80.1 cm³/mol. The first-order chi connectivity index (χ1) is 10.6. The van der Waals surface area contributed by atoms with E-state index in [1.165, 1.54) is 0 Å². The molecule has 2 saturated carbocycles. The summed E-state index contributed by atoms with van der Waals surface area (Å²) in [5, 5.41) is 12.0. The van der Waals surface area contributed by atoms with Crippen LogP contribution >= 0.6 is 0 Å². The fourth-order valence-electron chi connectivity index (χ4n) is 3.11. The number of rotatable bonds is 7. The molecule has 2 fully saturated rings. The molecule has 0 aliphatic heterocycles. The van der Waals surface area contributed by atoms with E-state index in [0.29, 0.717) is 11.8 Å². The van der Waals surface area contributed by atoms with Gasteiger partial charge in [-0.2, -0.15) is 0 Å². The van der Waals surface area contributed by atoms with Crippen LogP contribution < -0.4 is 5.32 Å². The van der Waals surface area contributed by atoms with Crippen molar-refractivity contribution in [2.45, 2.75) is 38.3 Å². The van der Waals surface area contributed by atoms with Crippen LogP contribution in [0.2, 0.25) is 0 Å². The topological polar surface area (TPSA) is 75.6 Å². The Morgan fingerprint density at radius 3 is 2.23 bits per heavy atom. The average Bonchev–Trinajstić information content (AvgIpc) is 3.39. The van der Waals surface area contributed by atoms with Gasteiger partial charge in [0.2, 0.25) is 0 Å². The molecule has 0 aromatic heterocycles. The van der Waals surface area contributed by atoms with Crippen molar-refractivity contribution in [1.29, 1.82) is 0 Å². The molecule has 1 aromatic carbocycles. The molecule has 1 atom stereocenters. The number of amides is 1. The first-order valence-corrected chi connectivity index (χ1v) is 7.85. The summed E-state index contributed by atoms with van der Waals surface area (Å²) >= 11 is 0. The average molecular weight is 303 g/mol. The number of hydrogen-bond donors (Lipinski definition) is 2. The van der Waals surface area contributed by atoms with E-state index in [4.69, 9.17) is 4.74 Å². The molecule has 0 heterocycles. The molecule has 1 amide bonds. The van der Waals surface area contributed by atoms with Gasteiger partial charge < -0.3 is 15.2 Å². The zero-order valence-corrected chi connectivity index (χ0v) is 12.4. The molecular formula is C17H21NO4. The lowest BCUT2D eigenvalue weighted by Crippen LogP contribution is -2.47. The minimum Gasteiger partial charge on any atom is -0.480 e. The number of carboxylic acids is 1. The lowest BCUT2D eigenvalue weighted by Gasteiger charge is -2.24. The molecule has 1 unspecified atom stereocenters. The van der Waals surface area contributed by atoms with Gasteiger partial charge in [-0.1, -0.05) is 30.3 Å². The number of aliphatic carboxylic acids is 1. The molecule has 5 heteroatoms. The highest BCUT2D eigenvalue weighted by molar-refractivity contribution is 5.80. The maximum atomic E-state index is 11.9. The Hall–Kier alpha value is -2.04. The Balaban J connectivity index is 1.56. The lowest BCUT2D eigenvalue weighted by atomic mass is 9.89. The molecule has 0 radical (unpaired) electrons. The van der Waals surface area contributed by atoms with Gasteiger partial charge in [0.1, 0.15) is 12.6 Å². The van der Waals surface area contributed by atoms with Gasteiger partial charge in [-0.15, -0.1) is 0 Å². The second-order valence-electron chi connectivity index (χ2n) is 6.27. The number of hydrogen-bond acceptors (Lipinski definition) is 3. The van der Waals surface area contributed by atoms with Crippen LogP contribution in [0.1, 0.15) is 31.2 Å². The van der Waals surface area contributed by atoms with Crippen LogP contribution in [0.5, 0.6) is 0 Å². The number of benzene rings is 1. The summed E-state index contributed by atoms with van der Waals surface area (Å²) in [6.07, 6.45) is 3.65. The van der Waals surface area contributed by atoms with Crippen LogP contribution in [-0.2, 0) is 16.1 Å². The Labute approximate surface area is 129 Å². The van der Waals surface area contributed by atoms with Gasteiger partial charge in [0.05, 0.1) is 0 Å². The van der Waals surface area contributed by atoms with E-state index in [9.17, 15) is 14.7 Å². The Bertz CT molecular complexity index is 525. The van der Waals surface area contributed by atoms with E-state index in [1.54, 1.807) is 0 Å². The first kappa shape index (κ1) is 14.9. The van der Waals surface area contributed by atoms with Gasteiger partial charge in [0, 0.05) is 0 Å². The molecule has 118 valence electrons. The van der Waals surface area contributed by atoms with E-state index in [-0.39, 0.29) is 12.5 Å². The van der Waals surface area contributed by atoms with E-state index in [1.807, 2.05) is 30.3 Å². The standard InChI is InChI=1S/C17H21NO4/c19-16(20)15(14(12-6-7-12)13-8-9-13)18-17(21)22-10-11-4-2-1-3-5-11/h1-5,12-15H,6-10H2,(H,18,21)(H,19,20). The zero-order chi connectivity index (χ0) is 15.5. The Morgan fingerprint density at radius 1 is 1.14 bits per heavy atom. The first-order valence-electron chi connectivity index (χ1n) is 7.85. The van der Waals surface area contributed by atoms with Crippen molar-refractivity contribution in [2.75, 3.05) is 0 Å². The third kappa shape index (κ3) is 3.78. The monoisotopic (exact) mass is 303 g/mol. The van der Waals surface area contributed by atoms with Gasteiger partial charge in [-0.25, -0.2) is 9.59 Å². The summed E-state index contributed by atoms with van der Waals surface area (Å²) in [5.74, 6) is -0.00622. The largest absolute Gasteiger partial charge is 0.480 e. The second kappa shape index (κ2) is 6.38. The minimum atomic E-state index is -0.958. The van der Waals surface area contributed by atoms with Crippen LogP contribution in [0.15, 0.2) is 30.3 Å². The fourth-order valence-corrected chi connectivity index (χ4v) is 3.11. The summed E-state index contributed by atoms with van der Waals surface area (Å²) in [7, 11) is 0. The summed E-state index contributed by atoms with van der Waals surface area (Å²) < 4.78 is 5.15. The van der Waals surface area contributed by atoms with Crippen molar-refractivity contribution in [2.24, 2.45) is 17.8 Å². The molecule has 2 aliphatic rings. The molecule has 2 N–H and O–H groups in total. The number of ether oxygens (including phenoxy) is 1. The van der Waals surface area contributed by atoms with E-state index in [2.05, 4.69) is 5.32 Å². The van der Waals surface area contributed by atoms with Crippen LogP contribution in [0, 0.1) is 17.8 Å². The van der Waals surface area contributed by atoms with Crippen molar-refractivity contribution in [3.63, 3.8) is 0 Å². The molecule has 22 heavy (non-hydrogen) atoms. The van der Waals surface area contributed by atoms with Crippen LogP contribution in [-0.4, -0.2) is 23.2 Å². The molecule has 1 aromatic rings. The number of carbonyl (C=O) groups excluding carboxylic acids is 1. The highest BCUT2D eigenvalue weighted by Crippen LogP contribution is 2.50. The van der Waals surface area contributed by atoms with Gasteiger partial charge in [0.25, 0.3) is 0 Å². The summed E-state index contributed by atoms with van der Waals surface area (Å²) in [6, 6.07) is 8.51. The SMILES string of the molecule is O=C(NC(C(=O)O)C(C1CC1)C1CC1)OCc1ccccc1. The molecule has 0 saturated heterocycles. The molecule has 2 aliphatic carbocycles. The Morgan fingerprint density at radius 2 is 1.73 bits per heavy atom. The number of carboxylic acid groups (broad SMARTS) is 1. The highest BCUT2D eigenvalue weighted by Gasteiger charge is 2.48. The van der Waals surface area contributed by atoms with Crippen molar-refractivity contribution in [3.8, 4) is 0 Å². The summed E-state index contributed by atoms with van der Waals surface area (Å²) in [4.78, 5) is 23.5. The van der Waals surface area contributed by atoms with Gasteiger partial charge in [-0.3, -0.25) is 0 Å². The van der Waals surface area contributed by atoms with Crippen LogP contribution in [0.3, 0.4) is 0 Å². The molecule has 3 rings (SSSR count). The van der Waals surface area contributed by atoms with Gasteiger partial charge in [-0.05, 0) is 49.0 Å². The maximum absolute atomic E-state index is 11.9. The third-order valence-corrected chi connectivity index (χ3v) is 4.47. The van der Waals surface area contributed by atoms with E-state index >= 15 is 0 Å². The van der Waals surface area contributed by atoms with Crippen LogP contribution in [0.4, 0.5) is 4.79 Å². The zero-order valence-electron chi connectivity index (χ0n) is 12.4. The Kier molecular flexibility index (Phi) is 4.32. The molecule has 5 nitrogen and oxygen atoms in total. The molecule has 0 spiro atoms. The lowest BCUT2D eigenvalue weighted by molar-refractivity contribution is -0.141. The van der Waals surface area contributed by atoms with E-state index < -0.39 is 18.1 Å². The normalized spacial score (nSPS) is 18.8. The summed E-state index contributed by atoms with van der Waals surface area (Å²) in [5.41, 5.74) is 0.880. The number of alkyl carbamates (subject to hydrolysis) is 1.